The van der Waals surface area contributed by atoms with Gasteiger partial charge in [-0.05, 0) is 68.1 Å². The molecule has 0 saturated heterocycles. The topological polar surface area (TPSA) is 69.0 Å². The molecule has 7 heteroatoms. The van der Waals surface area contributed by atoms with Crippen LogP contribution in [-0.2, 0) is 4.79 Å². The average molecular weight is 437 g/mol. The first-order valence-electron chi connectivity index (χ1n) is 10.7. The summed E-state index contributed by atoms with van der Waals surface area (Å²) in [5.41, 5.74) is 4.32. The van der Waals surface area contributed by atoms with Crippen molar-refractivity contribution in [2.45, 2.75) is 50.7 Å². The van der Waals surface area contributed by atoms with E-state index in [1.807, 2.05) is 30.3 Å². The largest absolute Gasteiger partial charge is 0.497 e. The lowest BCUT2D eigenvalue weighted by atomic mass is 10.1. The van der Waals surface area contributed by atoms with Gasteiger partial charge in [0.25, 0.3) is 0 Å². The number of ether oxygens (including phenoxy) is 1. The third-order valence-electron chi connectivity index (χ3n) is 5.85. The molecule has 1 aromatic heterocycles. The quantitative estimate of drug-likeness (QED) is 0.543. The average Bonchev–Trinajstić information content (AvgIpc) is 3.44. The van der Waals surface area contributed by atoms with E-state index in [-0.39, 0.29) is 5.91 Å². The summed E-state index contributed by atoms with van der Waals surface area (Å²) >= 11 is 1.42. The minimum Gasteiger partial charge on any atom is -0.497 e. The molecule has 3 aromatic rings. The Morgan fingerprint density at radius 3 is 2.58 bits per heavy atom. The Kier molecular flexibility index (Phi) is 6.61. The predicted octanol–water partition coefficient (Wildman–Crippen LogP) is 4.71. The van der Waals surface area contributed by atoms with Crippen LogP contribution in [0.2, 0.25) is 0 Å². The summed E-state index contributed by atoms with van der Waals surface area (Å²) in [6.07, 6.45) is 4.56. The summed E-state index contributed by atoms with van der Waals surface area (Å²) in [5.74, 6) is 1.91. The third kappa shape index (κ3) is 4.77. The van der Waals surface area contributed by atoms with Crippen LogP contribution in [0.15, 0.2) is 47.6 Å². The van der Waals surface area contributed by atoms with Gasteiger partial charge in [-0.1, -0.05) is 36.7 Å². The van der Waals surface area contributed by atoms with Crippen molar-refractivity contribution in [3.63, 3.8) is 0 Å². The van der Waals surface area contributed by atoms with Crippen molar-refractivity contribution in [3.05, 3.63) is 53.6 Å². The molecule has 0 atom stereocenters. The Bertz CT molecular complexity index is 1060. The van der Waals surface area contributed by atoms with E-state index in [2.05, 4.69) is 46.1 Å². The fourth-order valence-electron chi connectivity index (χ4n) is 3.96. The third-order valence-corrected chi connectivity index (χ3v) is 6.78. The standard InChI is InChI=1S/C24H28N4O2S/c1-16-7-6-10-21(17(16)2)28-23(18-11-13-20(30-3)14-12-18)26-27-24(28)31-15-22(29)25-19-8-4-5-9-19/h6-7,10-14,19H,4-5,8-9,15H2,1-3H3,(H,25,29). The zero-order valence-corrected chi connectivity index (χ0v) is 19.0. The monoisotopic (exact) mass is 436 g/mol. The molecule has 0 bridgehead atoms. The molecular weight excluding hydrogens is 408 g/mol. The molecular formula is C24H28N4O2S. The minimum atomic E-state index is 0.0541. The first-order chi connectivity index (χ1) is 15.1. The van der Waals surface area contributed by atoms with Crippen molar-refractivity contribution in [1.82, 2.24) is 20.1 Å². The van der Waals surface area contributed by atoms with Gasteiger partial charge in [0.15, 0.2) is 11.0 Å². The molecule has 1 fully saturated rings. The maximum atomic E-state index is 12.5. The lowest BCUT2D eigenvalue weighted by Gasteiger charge is -2.15. The number of amides is 1. The molecule has 0 radical (unpaired) electrons. The van der Waals surface area contributed by atoms with Crippen LogP contribution < -0.4 is 10.1 Å². The molecule has 0 spiro atoms. The normalized spacial score (nSPS) is 14.0. The molecule has 31 heavy (non-hydrogen) atoms. The molecule has 0 aliphatic heterocycles. The lowest BCUT2D eigenvalue weighted by molar-refractivity contribution is -0.119. The van der Waals surface area contributed by atoms with Crippen LogP contribution >= 0.6 is 11.8 Å². The van der Waals surface area contributed by atoms with Crippen LogP contribution in [-0.4, -0.2) is 39.6 Å². The molecule has 1 aliphatic carbocycles. The Hall–Kier alpha value is -2.80. The molecule has 1 saturated carbocycles. The number of nitrogens with zero attached hydrogens (tertiary/aromatic N) is 3. The van der Waals surface area contributed by atoms with Gasteiger partial charge in [-0.3, -0.25) is 9.36 Å². The number of rotatable bonds is 7. The first-order valence-corrected chi connectivity index (χ1v) is 11.6. The van der Waals surface area contributed by atoms with E-state index in [9.17, 15) is 4.79 Å². The molecule has 4 rings (SSSR count). The van der Waals surface area contributed by atoms with Crippen LogP contribution in [0, 0.1) is 13.8 Å². The summed E-state index contributed by atoms with van der Waals surface area (Å²) in [6, 6.07) is 14.3. The van der Waals surface area contributed by atoms with E-state index < -0.39 is 0 Å². The van der Waals surface area contributed by atoms with Gasteiger partial charge >= 0.3 is 0 Å². The van der Waals surface area contributed by atoms with Gasteiger partial charge in [-0.2, -0.15) is 0 Å². The molecule has 0 unspecified atom stereocenters. The van der Waals surface area contributed by atoms with Crippen LogP contribution in [0.5, 0.6) is 5.75 Å². The number of carbonyl (C=O) groups is 1. The SMILES string of the molecule is COc1ccc(-c2nnc(SCC(=O)NC3CCCC3)n2-c2cccc(C)c2C)cc1. The van der Waals surface area contributed by atoms with E-state index >= 15 is 0 Å². The zero-order chi connectivity index (χ0) is 21.8. The predicted molar refractivity (Wildman–Crippen MR) is 124 cm³/mol. The second-order valence-corrected chi connectivity index (χ2v) is 8.87. The number of thioether (sulfide) groups is 1. The second-order valence-electron chi connectivity index (χ2n) is 7.93. The van der Waals surface area contributed by atoms with Gasteiger partial charge in [0.2, 0.25) is 5.91 Å². The van der Waals surface area contributed by atoms with Crippen molar-refractivity contribution in [1.29, 1.82) is 0 Å². The van der Waals surface area contributed by atoms with E-state index in [4.69, 9.17) is 4.74 Å². The highest BCUT2D eigenvalue weighted by atomic mass is 32.2. The van der Waals surface area contributed by atoms with Gasteiger partial charge in [0.1, 0.15) is 5.75 Å². The number of carbonyl (C=O) groups excluding carboxylic acids is 1. The van der Waals surface area contributed by atoms with Crippen LogP contribution in [0.1, 0.15) is 36.8 Å². The highest BCUT2D eigenvalue weighted by Crippen LogP contribution is 2.31. The highest BCUT2D eigenvalue weighted by molar-refractivity contribution is 7.99. The minimum absolute atomic E-state index is 0.0541. The summed E-state index contributed by atoms with van der Waals surface area (Å²) in [4.78, 5) is 12.5. The molecule has 1 aliphatic rings. The summed E-state index contributed by atoms with van der Waals surface area (Å²) in [6.45, 7) is 4.20. The number of benzene rings is 2. The van der Waals surface area contributed by atoms with Gasteiger partial charge in [0, 0.05) is 11.6 Å². The van der Waals surface area contributed by atoms with Gasteiger partial charge in [-0.25, -0.2) is 0 Å². The van der Waals surface area contributed by atoms with E-state index in [1.54, 1.807) is 7.11 Å². The number of methoxy groups -OCH3 is 1. The summed E-state index contributed by atoms with van der Waals surface area (Å²) in [5, 5.41) is 12.8. The van der Waals surface area contributed by atoms with Gasteiger partial charge in [0.05, 0.1) is 18.6 Å². The van der Waals surface area contributed by atoms with Crippen molar-refractivity contribution < 1.29 is 9.53 Å². The van der Waals surface area contributed by atoms with Crippen molar-refractivity contribution in [2.24, 2.45) is 0 Å². The Balaban J connectivity index is 1.65. The number of nitrogens with one attached hydrogen (secondary N) is 1. The zero-order valence-electron chi connectivity index (χ0n) is 18.2. The molecule has 162 valence electrons. The number of hydrogen-bond acceptors (Lipinski definition) is 5. The molecule has 1 amide bonds. The van der Waals surface area contributed by atoms with Gasteiger partial charge in [-0.15, -0.1) is 10.2 Å². The molecule has 1 N–H and O–H groups in total. The summed E-state index contributed by atoms with van der Waals surface area (Å²) in [7, 11) is 1.65. The Morgan fingerprint density at radius 1 is 1.13 bits per heavy atom. The van der Waals surface area contributed by atoms with Crippen LogP contribution in [0.4, 0.5) is 0 Å². The molecule has 1 heterocycles. The molecule has 6 nitrogen and oxygen atoms in total. The van der Waals surface area contributed by atoms with E-state index in [1.165, 1.54) is 30.2 Å². The van der Waals surface area contributed by atoms with Crippen molar-refractivity contribution in [2.75, 3.05) is 12.9 Å². The lowest BCUT2D eigenvalue weighted by Crippen LogP contribution is -2.33. The van der Waals surface area contributed by atoms with Crippen LogP contribution in [0.25, 0.3) is 17.1 Å². The smallest absolute Gasteiger partial charge is 0.230 e. The highest BCUT2D eigenvalue weighted by Gasteiger charge is 2.21. The van der Waals surface area contributed by atoms with Crippen LogP contribution in [0.3, 0.4) is 0 Å². The summed E-state index contributed by atoms with van der Waals surface area (Å²) < 4.78 is 7.34. The second kappa shape index (κ2) is 9.56. The Labute approximate surface area is 187 Å². The van der Waals surface area contributed by atoms with Gasteiger partial charge < -0.3 is 10.1 Å². The number of aryl methyl sites for hydroxylation is 1. The maximum Gasteiger partial charge on any atom is 0.230 e. The van der Waals surface area contributed by atoms with Crippen molar-refractivity contribution >= 4 is 17.7 Å². The first kappa shape index (κ1) is 21.4. The maximum absolute atomic E-state index is 12.5. The molecule has 2 aromatic carbocycles. The Morgan fingerprint density at radius 2 is 1.87 bits per heavy atom. The van der Waals surface area contributed by atoms with E-state index in [0.29, 0.717) is 17.0 Å². The van der Waals surface area contributed by atoms with Crippen molar-refractivity contribution in [3.8, 4) is 22.8 Å². The fraction of sp³-hybridized carbons (Fsp3) is 0.375. The van der Waals surface area contributed by atoms with E-state index in [0.717, 1.165) is 41.2 Å². The fourth-order valence-corrected chi connectivity index (χ4v) is 4.71. The number of aromatic nitrogens is 3. The number of hydrogen-bond donors (Lipinski definition) is 1.